The topological polar surface area (TPSA) is 67.6 Å². The number of aromatic nitrogens is 2. The number of rotatable bonds is 3. The molecule has 0 aliphatic rings. The maximum Gasteiger partial charge on any atom is 0.127 e. The molecule has 1 aromatic heterocycles. The van der Waals surface area contributed by atoms with Crippen LogP contribution in [0.15, 0.2) is 24.3 Å². The number of nitriles is 1. The number of para-hydroxylation sites is 2. The van der Waals surface area contributed by atoms with E-state index in [2.05, 4.69) is 11.1 Å². The molecule has 0 radical (unpaired) electrons. The number of hydrogen-bond acceptors (Lipinski definition) is 3. The minimum absolute atomic E-state index is 0.110. The lowest BCUT2D eigenvalue weighted by Gasteiger charge is -2.09. The monoisotopic (exact) mass is 214 g/mol. The fourth-order valence-corrected chi connectivity index (χ4v) is 1.80. The Labute approximate surface area is 94.3 Å². The summed E-state index contributed by atoms with van der Waals surface area (Å²) < 4.78 is 1.89. The van der Waals surface area contributed by atoms with Crippen molar-refractivity contribution in [3.8, 4) is 6.07 Å². The molecule has 0 aliphatic carbocycles. The minimum Gasteiger partial charge on any atom is -0.321 e. The van der Waals surface area contributed by atoms with Gasteiger partial charge in [-0.3, -0.25) is 0 Å². The fraction of sp³-hybridized carbons (Fsp3) is 0.333. The highest BCUT2D eigenvalue weighted by molar-refractivity contribution is 5.76. The van der Waals surface area contributed by atoms with Gasteiger partial charge in [0.25, 0.3) is 0 Å². The number of fused-ring (bicyclic) bond motifs is 1. The van der Waals surface area contributed by atoms with Gasteiger partial charge in [0.05, 0.1) is 23.1 Å². The highest BCUT2D eigenvalue weighted by Crippen LogP contribution is 2.20. The zero-order valence-corrected chi connectivity index (χ0v) is 9.22. The van der Waals surface area contributed by atoms with Crippen LogP contribution in [-0.4, -0.2) is 9.55 Å². The molecule has 1 atom stereocenters. The van der Waals surface area contributed by atoms with E-state index >= 15 is 0 Å². The van der Waals surface area contributed by atoms with Crippen molar-refractivity contribution < 1.29 is 0 Å². The van der Waals surface area contributed by atoms with E-state index in [1.165, 1.54) is 0 Å². The van der Waals surface area contributed by atoms with Crippen molar-refractivity contribution in [3.05, 3.63) is 30.1 Å². The van der Waals surface area contributed by atoms with Crippen molar-refractivity contribution in [2.45, 2.75) is 25.9 Å². The molecule has 0 saturated heterocycles. The van der Waals surface area contributed by atoms with Crippen molar-refractivity contribution in [1.82, 2.24) is 9.55 Å². The smallest absolute Gasteiger partial charge is 0.127 e. The van der Waals surface area contributed by atoms with Crippen molar-refractivity contribution in [3.63, 3.8) is 0 Å². The third-order valence-corrected chi connectivity index (χ3v) is 2.68. The van der Waals surface area contributed by atoms with Gasteiger partial charge in [-0.25, -0.2) is 4.98 Å². The van der Waals surface area contributed by atoms with E-state index in [0.29, 0.717) is 6.54 Å². The summed E-state index contributed by atoms with van der Waals surface area (Å²) in [5.41, 5.74) is 7.87. The molecule has 2 rings (SSSR count). The molecule has 0 amide bonds. The number of imidazole rings is 1. The van der Waals surface area contributed by atoms with Crippen LogP contribution in [0.3, 0.4) is 0 Å². The third-order valence-electron chi connectivity index (χ3n) is 2.68. The highest BCUT2D eigenvalue weighted by atomic mass is 15.1. The maximum atomic E-state index is 8.84. The Kier molecular flexibility index (Phi) is 2.88. The van der Waals surface area contributed by atoms with Crippen LogP contribution < -0.4 is 5.73 Å². The van der Waals surface area contributed by atoms with E-state index in [1.807, 2.05) is 35.8 Å². The largest absolute Gasteiger partial charge is 0.321 e. The molecule has 0 fully saturated rings. The summed E-state index contributed by atoms with van der Waals surface area (Å²) >= 11 is 0. The molecule has 0 aliphatic heterocycles. The van der Waals surface area contributed by atoms with Crippen LogP contribution in [0, 0.1) is 11.3 Å². The van der Waals surface area contributed by atoms with Gasteiger partial charge in [0.1, 0.15) is 12.4 Å². The van der Waals surface area contributed by atoms with Gasteiger partial charge in [0, 0.05) is 0 Å². The molecule has 2 aromatic rings. The van der Waals surface area contributed by atoms with Gasteiger partial charge >= 0.3 is 0 Å². The molecule has 1 heterocycles. The highest BCUT2D eigenvalue weighted by Gasteiger charge is 2.14. The first-order valence-corrected chi connectivity index (χ1v) is 5.35. The Hall–Kier alpha value is -1.86. The van der Waals surface area contributed by atoms with Gasteiger partial charge in [-0.2, -0.15) is 5.26 Å². The molecule has 1 unspecified atom stereocenters. The van der Waals surface area contributed by atoms with E-state index in [1.54, 1.807) is 0 Å². The average molecular weight is 214 g/mol. The van der Waals surface area contributed by atoms with Crippen LogP contribution in [0.2, 0.25) is 0 Å². The third kappa shape index (κ3) is 1.66. The Morgan fingerprint density at radius 1 is 1.50 bits per heavy atom. The van der Waals surface area contributed by atoms with Gasteiger partial charge in [0.15, 0.2) is 0 Å². The Morgan fingerprint density at radius 3 is 2.94 bits per heavy atom. The molecule has 16 heavy (non-hydrogen) atoms. The second kappa shape index (κ2) is 4.33. The normalized spacial score (nSPS) is 12.6. The summed E-state index contributed by atoms with van der Waals surface area (Å²) in [4.78, 5) is 4.49. The van der Waals surface area contributed by atoms with E-state index in [9.17, 15) is 0 Å². The van der Waals surface area contributed by atoms with Gasteiger partial charge in [-0.05, 0) is 18.6 Å². The molecule has 1 aromatic carbocycles. The second-order valence-electron chi connectivity index (χ2n) is 3.72. The molecule has 82 valence electrons. The minimum atomic E-state index is -0.110. The van der Waals surface area contributed by atoms with E-state index in [-0.39, 0.29) is 6.04 Å². The number of benzene rings is 1. The first kappa shape index (κ1) is 10.7. The second-order valence-corrected chi connectivity index (χ2v) is 3.72. The van der Waals surface area contributed by atoms with Crippen LogP contribution in [0.5, 0.6) is 0 Å². The maximum absolute atomic E-state index is 8.84. The summed E-state index contributed by atoms with van der Waals surface area (Å²) in [7, 11) is 0. The lowest BCUT2D eigenvalue weighted by molar-refractivity contribution is 0.611. The SMILES string of the molecule is CCC(N)c1nc2ccccc2n1CC#N. The number of nitrogens with two attached hydrogens (primary N) is 1. The van der Waals surface area contributed by atoms with E-state index in [0.717, 1.165) is 23.3 Å². The zero-order valence-electron chi connectivity index (χ0n) is 9.22. The summed E-state index contributed by atoms with van der Waals surface area (Å²) in [6.07, 6.45) is 0.814. The number of hydrogen-bond donors (Lipinski definition) is 1. The van der Waals surface area contributed by atoms with Crippen molar-refractivity contribution >= 4 is 11.0 Å². The first-order chi connectivity index (χ1) is 7.77. The number of nitrogens with zero attached hydrogens (tertiary/aromatic N) is 3. The summed E-state index contributed by atoms with van der Waals surface area (Å²) in [6, 6.07) is 9.82. The van der Waals surface area contributed by atoms with Gasteiger partial charge in [-0.1, -0.05) is 19.1 Å². The molecule has 0 bridgehead atoms. The van der Waals surface area contributed by atoms with Gasteiger partial charge in [0.2, 0.25) is 0 Å². The van der Waals surface area contributed by atoms with Crippen LogP contribution in [0.1, 0.15) is 25.2 Å². The lowest BCUT2D eigenvalue weighted by atomic mass is 10.2. The standard InChI is InChI=1S/C12H14N4/c1-2-9(14)12-15-10-5-3-4-6-11(10)16(12)8-7-13/h3-6,9H,2,8,14H2,1H3. The van der Waals surface area contributed by atoms with Crippen molar-refractivity contribution in [2.75, 3.05) is 0 Å². The molecule has 0 spiro atoms. The predicted octanol–water partition coefficient (Wildman–Crippen LogP) is 1.97. The molecule has 4 nitrogen and oxygen atoms in total. The molecular formula is C12H14N4. The van der Waals surface area contributed by atoms with Gasteiger partial charge in [-0.15, -0.1) is 0 Å². The Balaban J connectivity index is 2.64. The Bertz CT molecular complexity index is 535. The average Bonchev–Trinajstić information content (AvgIpc) is 2.68. The van der Waals surface area contributed by atoms with Crippen LogP contribution >= 0.6 is 0 Å². The molecular weight excluding hydrogens is 200 g/mol. The van der Waals surface area contributed by atoms with E-state index < -0.39 is 0 Å². The molecule has 2 N–H and O–H groups in total. The van der Waals surface area contributed by atoms with Crippen LogP contribution in [0.4, 0.5) is 0 Å². The summed E-state index contributed by atoms with van der Waals surface area (Å²) in [6.45, 7) is 2.31. The van der Waals surface area contributed by atoms with Crippen LogP contribution in [-0.2, 0) is 6.54 Å². The lowest BCUT2D eigenvalue weighted by Crippen LogP contribution is -2.15. The van der Waals surface area contributed by atoms with Gasteiger partial charge < -0.3 is 10.3 Å². The summed E-state index contributed by atoms with van der Waals surface area (Å²) in [5.74, 6) is 0.797. The van der Waals surface area contributed by atoms with Crippen molar-refractivity contribution in [1.29, 1.82) is 5.26 Å². The molecule has 4 heteroatoms. The Morgan fingerprint density at radius 2 is 2.25 bits per heavy atom. The quantitative estimate of drug-likeness (QED) is 0.849. The molecule has 0 saturated carbocycles. The summed E-state index contributed by atoms with van der Waals surface area (Å²) in [5, 5.41) is 8.84. The van der Waals surface area contributed by atoms with E-state index in [4.69, 9.17) is 11.0 Å². The fourth-order valence-electron chi connectivity index (χ4n) is 1.80. The van der Waals surface area contributed by atoms with Crippen molar-refractivity contribution in [2.24, 2.45) is 5.73 Å². The van der Waals surface area contributed by atoms with Crippen LogP contribution in [0.25, 0.3) is 11.0 Å². The predicted molar refractivity (Wildman–Crippen MR) is 62.6 cm³/mol. The zero-order chi connectivity index (χ0) is 11.5. The first-order valence-electron chi connectivity index (χ1n) is 5.35.